The summed E-state index contributed by atoms with van der Waals surface area (Å²) in [7, 11) is 0. The van der Waals surface area contributed by atoms with E-state index >= 15 is 0 Å². The van der Waals surface area contributed by atoms with Crippen LogP contribution in [-0.2, 0) is 0 Å². The molecule has 20 heavy (non-hydrogen) atoms. The van der Waals surface area contributed by atoms with Gasteiger partial charge in [0.05, 0.1) is 0 Å². The molecule has 1 atom stereocenters. The number of fused-ring (bicyclic) bond motifs is 2. The Kier molecular flexibility index (Phi) is 2.48. The molecule has 2 nitrogen and oxygen atoms in total. The number of H-pyrrole nitrogens is 1. The van der Waals surface area contributed by atoms with E-state index < -0.39 is 0 Å². The standard InChI is InChI=1S/C17H12ClNO/c18-10-5-6-12-15(9-19-16(12)7-10)14-8-17(20)13-4-2-1-3-11(13)14/h1-7,9,14,19H,8H2. The molecule has 0 fully saturated rings. The van der Waals surface area contributed by atoms with E-state index in [-0.39, 0.29) is 11.7 Å². The van der Waals surface area contributed by atoms with Gasteiger partial charge in [-0.2, -0.15) is 0 Å². The fourth-order valence-electron chi connectivity index (χ4n) is 3.15. The zero-order valence-corrected chi connectivity index (χ0v) is 11.4. The Labute approximate surface area is 121 Å². The third-order valence-corrected chi connectivity index (χ3v) is 4.31. The van der Waals surface area contributed by atoms with E-state index in [9.17, 15) is 4.79 Å². The summed E-state index contributed by atoms with van der Waals surface area (Å²) in [5.74, 6) is 0.377. The number of aromatic amines is 1. The van der Waals surface area contributed by atoms with Crippen molar-refractivity contribution in [2.75, 3.05) is 0 Å². The average Bonchev–Trinajstić information content (AvgIpc) is 3.00. The van der Waals surface area contributed by atoms with Crippen molar-refractivity contribution < 1.29 is 4.79 Å². The van der Waals surface area contributed by atoms with E-state index in [1.807, 2.05) is 42.6 Å². The van der Waals surface area contributed by atoms with E-state index in [1.165, 1.54) is 5.56 Å². The van der Waals surface area contributed by atoms with Crippen LogP contribution in [0.2, 0.25) is 5.02 Å². The van der Waals surface area contributed by atoms with Gasteiger partial charge in [0.1, 0.15) is 0 Å². The maximum Gasteiger partial charge on any atom is 0.164 e. The van der Waals surface area contributed by atoms with Gasteiger partial charge in [-0.05, 0) is 23.3 Å². The van der Waals surface area contributed by atoms with Crippen LogP contribution in [0.25, 0.3) is 10.9 Å². The van der Waals surface area contributed by atoms with Crippen LogP contribution in [0.4, 0.5) is 0 Å². The van der Waals surface area contributed by atoms with E-state index in [0.29, 0.717) is 11.4 Å². The van der Waals surface area contributed by atoms with Crippen molar-refractivity contribution in [2.24, 2.45) is 0 Å². The van der Waals surface area contributed by atoms with E-state index in [0.717, 1.165) is 22.0 Å². The molecule has 0 saturated carbocycles. The number of carbonyl (C=O) groups excluding carboxylic acids is 1. The molecule has 0 spiro atoms. The third-order valence-electron chi connectivity index (χ3n) is 4.08. The minimum absolute atomic E-state index is 0.147. The van der Waals surface area contributed by atoms with Gasteiger partial charge in [0.2, 0.25) is 0 Å². The molecule has 0 amide bonds. The molecule has 2 aromatic carbocycles. The summed E-state index contributed by atoms with van der Waals surface area (Å²) in [6.07, 6.45) is 2.55. The monoisotopic (exact) mass is 281 g/mol. The second-order valence-electron chi connectivity index (χ2n) is 5.20. The Morgan fingerprint density at radius 1 is 1.10 bits per heavy atom. The first-order valence-corrected chi connectivity index (χ1v) is 7.00. The summed E-state index contributed by atoms with van der Waals surface area (Å²) < 4.78 is 0. The largest absolute Gasteiger partial charge is 0.361 e. The Balaban J connectivity index is 1.91. The van der Waals surface area contributed by atoms with Crippen LogP contribution in [-0.4, -0.2) is 10.8 Å². The number of benzene rings is 2. The Bertz CT molecular complexity index is 834. The molecule has 1 unspecified atom stereocenters. The zero-order chi connectivity index (χ0) is 13.7. The maximum absolute atomic E-state index is 12.1. The number of aromatic nitrogens is 1. The predicted octanol–water partition coefficient (Wildman–Crippen LogP) is 4.54. The highest BCUT2D eigenvalue weighted by Gasteiger charge is 2.31. The molecular formula is C17H12ClNO. The van der Waals surface area contributed by atoms with E-state index in [2.05, 4.69) is 11.1 Å². The first-order valence-electron chi connectivity index (χ1n) is 6.62. The molecule has 4 rings (SSSR count). The summed E-state index contributed by atoms with van der Waals surface area (Å²) in [5, 5.41) is 1.86. The highest BCUT2D eigenvalue weighted by Crippen LogP contribution is 2.40. The second kappa shape index (κ2) is 4.22. The minimum atomic E-state index is 0.147. The maximum atomic E-state index is 12.1. The quantitative estimate of drug-likeness (QED) is 0.698. The smallest absolute Gasteiger partial charge is 0.164 e. The molecule has 1 aliphatic carbocycles. The lowest BCUT2D eigenvalue weighted by molar-refractivity contribution is 0.0991. The second-order valence-corrected chi connectivity index (χ2v) is 5.64. The van der Waals surface area contributed by atoms with E-state index in [4.69, 9.17) is 11.6 Å². The molecule has 0 saturated heterocycles. The molecule has 1 N–H and O–H groups in total. The first-order chi connectivity index (χ1) is 9.74. The van der Waals surface area contributed by atoms with E-state index in [1.54, 1.807) is 0 Å². The summed E-state index contributed by atoms with van der Waals surface area (Å²) >= 11 is 6.02. The fraction of sp³-hybridized carbons (Fsp3) is 0.118. The number of ketones is 1. The highest BCUT2D eigenvalue weighted by atomic mass is 35.5. The van der Waals surface area contributed by atoms with Crippen molar-refractivity contribution in [3.8, 4) is 0 Å². The summed E-state index contributed by atoms with van der Waals surface area (Å²) in [6, 6.07) is 13.7. The number of nitrogens with one attached hydrogen (secondary N) is 1. The lowest BCUT2D eigenvalue weighted by Crippen LogP contribution is -1.95. The van der Waals surface area contributed by atoms with Gasteiger partial charge < -0.3 is 4.98 Å². The Hall–Kier alpha value is -2.06. The Morgan fingerprint density at radius 3 is 2.85 bits per heavy atom. The topological polar surface area (TPSA) is 32.9 Å². The third kappa shape index (κ3) is 1.61. The molecule has 3 heteroatoms. The normalized spacial score (nSPS) is 17.6. The SMILES string of the molecule is O=C1CC(c2c[nH]c3cc(Cl)ccc23)c2ccccc21. The molecule has 1 aliphatic rings. The lowest BCUT2D eigenvalue weighted by Gasteiger charge is -2.09. The van der Waals surface area contributed by atoms with Gasteiger partial charge in [-0.15, -0.1) is 0 Å². The van der Waals surface area contributed by atoms with Crippen molar-refractivity contribution in [1.82, 2.24) is 4.98 Å². The van der Waals surface area contributed by atoms with Crippen LogP contribution in [0.5, 0.6) is 0 Å². The number of halogens is 1. The van der Waals surface area contributed by atoms with Crippen molar-refractivity contribution in [3.05, 3.63) is 70.4 Å². The first kappa shape index (κ1) is 11.7. The molecular weight excluding hydrogens is 270 g/mol. The van der Waals surface area contributed by atoms with Gasteiger partial charge >= 0.3 is 0 Å². The van der Waals surface area contributed by atoms with Crippen LogP contribution in [0.1, 0.15) is 33.8 Å². The summed E-state index contributed by atoms with van der Waals surface area (Å²) in [4.78, 5) is 15.4. The summed E-state index contributed by atoms with van der Waals surface area (Å²) in [6.45, 7) is 0. The number of rotatable bonds is 1. The predicted molar refractivity (Wildman–Crippen MR) is 80.5 cm³/mol. The number of hydrogen-bond acceptors (Lipinski definition) is 1. The van der Waals surface area contributed by atoms with Crippen molar-refractivity contribution >= 4 is 28.3 Å². The number of hydrogen-bond donors (Lipinski definition) is 1. The van der Waals surface area contributed by atoms with Crippen LogP contribution >= 0.6 is 11.6 Å². The number of carbonyl (C=O) groups is 1. The van der Waals surface area contributed by atoms with Crippen molar-refractivity contribution in [3.63, 3.8) is 0 Å². The molecule has 0 aliphatic heterocycles. The van der Waals surface area contributed by atoms with Gasteiger partial charge in [-0.3, -0.25) is 4.79 Å². The molecule has 0 bridgehead atoms. The highest BCUT2D eigenvalue weighted by molar-refractivity contribution is 6.31. The molecule has 0 radical (unpaired) electrons. The van der Waals surface area contributed by atoms with Crippen molar-refractivity contribution in [1.29, 1.82) is 0 Å². The van der Waals surface area contributed by atoms with Crippen LogP contribution in [0.3, 0.4) is 0 Å². The molecule has 3 aromatic rings. The van der Waals surface area contributed by atoms with Gasteiger partial charge in [0, 0.05) is 40.0 Å². The molecule has 98 valence electrons. The molecule has 1 aromatic heterocycles. The number of Topliss-reactive ketones (excluding diaryl/α,β-unsaturated/α-hetero) is 1. The molecule has 1 heterocycles. The lowest BCUT2D eigenvalue weighted by atomic mass is 9.93. The minimum Gasteiger partial charge on any atom is -0.361 e. The van der Waals surface area contributed by atoms with Gasteiger partial charge in [-0.25, -0.2) is 0 Å². The zero-order valence-electron chi connectivity index (χ0n) is 10.7. The van der Waals surface area contributed by atoms with Crippen molar-refractivity contribution in [2.45, 2.75) is 12.3 Å². The Morgan fingerprint density at radius 2 is 1.95 bits per heavy atom. The van der Waals surface area contributed by atoms with Crippen LogP contribution < -0.4 is 0 Å². The summed E-state index contributed by atoms with van der Waals surface area (Å²) in [5.41, 5.74) is 4.19. The van der Waals surface area contributed by atoms with Crippen LogP contribution in [0.15, 0.2) is 48.7 Å². The van der Waals surface area contributed by atoms with Gasteiger partial charge in [0.15, 0.2) is 5.78 Å². The van der Waals surface area contributed by atoms with Gasteiger partial charge in [0.25, 0.3) is 0 Å². The fourth-order valence-corrected chi connectivity index (χ4v) is 3.32. The van der Waals surface area contributed by atoms with Crippen LogP contribution in [0, 0.1) is 0 Å². The average molecular weight is 282 g/mol. The van der Waals surface area contributed by atoms with Gasteiger partial charge in [-0.1, -0.05) is 41.9 Å².